The highest BCUT2D eigenvalue weighted by Crippen LogP contribution is 2.32. The first-order valence-electron chi connectivity index (χ1n) is 14.9. The zero-order valence-electron chi connectivity index (χ0n) is 26.3. The number of anilines is 1. The van der Waals surface area contributed by atoms with Crippen molar-refractivity contribution in [3.8, 4) is 11.5 Å². The SMILES string of the molecule is C=CC(C)(C)C(=O)C(=O)N1CCCCC1C(=O)O[C@H](CCc1ccc(OC)c(OC)c1)c1cccc(NC(=O)CCC(=O)O)c1. The zero-order valence-corrected chi connectivity index (χ0v) is 26.3. The lowest BCUT2D eigenvalue weighted by molar-refractivity contribution is -0.164. The predicted octanol–water partition coefficient (Wildman–Crippen LogP) is 4.89. The summed E-state index contributed by atoms with van der Waals surface area (Å²) in [5, 5.41) is 11.6. The third-order valence-electron chi connectivity index (χ3n) is 7.84. The Hall–Kier alpha value is -4.67. The van der Waals surface area contributed by atoms with Gasteiger partial charge in [-0.1, -0.05) is 24.3 Å². The molecule has 2 atom stereocenters. The fraction of sp³-hybridized carbons (Fsp3) is 0.441. The molecule has 1 unspecified atom stereocenters. The van der Waals surface area contributed by atoms with Crippen molar-refractivity contribution in [2.45, 2.75) is 70.9 Å². The molecule has 0 radical (unpaired) electrons. The molecular weight excluding hydrogens is 580 g/mol. The molecule has 11 heteroatoms. The molecule has 1 saturated heterocycles. The molecule has 2 aromatic rings. The van der Waals surface area contributed by atoms with E-state index in [-0.39, 0.29) is 19.4 Å². The van der Waals surface area contributed by atoms with Gasteiger partial charge in [0.2, 0.25) is 11.7 Å². The second kappa shape index (κ2) is 15.9. The van der Waals surface area contributed by atoms with Crippen LogP contribution in [0.4, 0.5) is 5.69 Å². The fourth-order valence-electron chi connectivity index (χ4n) is 5.03. The van der Waals surface area contributed by atoms with Gasteiger partial charge in [-0.3, -0.25) is 19.2 Å². The Morgan fingerprint density at radius 1 is 1.04 bits per heavy atom. The van der Waals surface area contributed by atoms with E-state index in [2.05, 4.69) is 11.9 Å². The van der Waals surface area contributed by atoms with Crippen LogP contribution in [0.15, 0.2) is 55.1 Å². The number of nitrogens with one attached hydrogen (secondary N) is 1. The van der Waals surface area contributed by atoms with Crippen molar-refractivity contribution in [3.63, 3.8) is 0 Å². The minimum Gasteiger partial charge on any atom is -0.493 e. The number of hydrogen-bond donors (Lipinski definition) is 2. The van der Waals surface area contributed by atoms with E-state index in [0.29, 0.717) is 54.9 Å². The first kappa shape index (κ1) is 34.8. The fourth-order valence-corrected chi connectivity index (χ4v) is 5.03. The normalized spacial score (nSPS) is 15.4. The van der Waals surface area contributed by atoms with E-state index in [0.717, 1.165) is 5.56 Å². The average molecular weight is 623 g/mol. The van der Waals surface area contributed by atoms with Crippen molar-refractivity contribution in [1.82, 2.24) is 4.90 Å². The molecule has 11 nitrogen and oxygen atoms in total. The molecule has 0 aromatic heterocycles. The molecule has 2 N–H and O–H groups in total. The molecule has 3 rings (SSSR count). The summed E-state index contributed by atoms with van der Waals surface area (Å²) in [5.74, 6) is -2.42. The largest absolute Gasteiger partial charge is 0.493 e. The Morgan fingerprint density at radius 2 is 1.78 bits per heavy atom. The van der Waals surface area contributed by atoms with Gasteiger partial charge in [-0.05, 0) is 81.3 Å². The third kappa shape index (κ3) is 9.41. The molecule has 1 fully saturated rings. The number of carboxylic acids is 1. The molecule has 0 spiro atoms. The maximum atomic E-state index is 13.7. The minimum absolute atomic E-state index is 0.190. The number of ketones is 1. The lowest BCUT2D eigenvalue weighted by Crippen LogP contribution is -2.53. The van der Waals surface area contributed by atoms with Gasteiger partial charge in [-0.15, -0.1) is 6.58 Å². The van der Waals surface area contributed by atoms with E-state index in [1.807, 2.05) is 12.1 Å². The van der Waals surface area contributed by atoms with Crippen LogP contribution in [0.25, 0.3) is 0 Å². The summed E-state index contributed by atoms with van der Waals surface area (Å²) in [6.45, 7) is 7.13. The molecule has 1 aliphatic rings. The molecule has 0 aliphatic carbocycles. The van der Waals surface area contributed by atoms with Crippen LogP contribution < -0.4 is 14.8 Å². The summed E-state index contributed by atoms with van der Waals surface area (Å²) in [5.41, 5.74) is 0.832. The van der Waals surface area contributed by atoms with Crippen molar-refractivity contribution >= 4 is 35.2 Å². The Bertz CT molecular complexity index is 1420. The van der Waals surface area contributed by atoms with Crippen LogP contribution in [0.1, 0.15) is 69.6 Å². The monoisotopic (exact) mass is 622 g/mol. The quantitative estimate of drug-likeness (QED) is 0.161. The van der Waals surface area contributed by atoms with Gasteiger partial charge >= 0.3 is 11.9 Å². The molecular formula is C34H42N2O9. The maximum absolute atomic E-state index is 13.7. The van der Waals surface area contributed by atoms with Gasteiger partial charge < -0.3 is 29.5 Å². The van der Waals surface area contributed by atoms with E-state index in [4.69, 9.17) is 19.3 Å². The summed E-state index contributed by atoms with van der Waals surface area (Å²) < 4.78 is 16.9. The number of esters is 1. The lowest BCUT2D eigenvalue weighted by atomic mass is 9.86. The molecule has 2 amide bonds. The number of aryl methyl sites for hydroxylation is 1. The van der Waals surface area contributed by atoms with Crippen LogP contribution in [0, 0.1) is 5.41 Å². The number of nitrogens with zero attached hydrogens (tertiary/aromatic N) is 1. The number of Topliss-reactive ketones (excluding diaryl/α,β-unsaturated/α-hetero) is 1. The number of hydrogen-bond acceptors (Lipinski definition) is 8. The van der Waals surface area contributed by atoms with Crippen molar-refractivity contribution in [1.29, 1.82) is 0 Å². The molecule has 2 aromatic carbocycles. The highest BCUT2D eigenvalue weighted by Gasteiger charge is 2.40. The van der Waals surface area contributed by atoms with Crippen LogP contribution in [0.2, 0.25) is 0 Å². The maximum Gasteiger partial charge on any atom is 0.329 e. The number of amides is 2. The first-order chi connectivity index (χ1) is 21.4. The van der Waals surface area contributed by atoms with Gasteiger partial charge in [-0.25, -0.2) is 4.79 Å². The average Bonchev–Trinajstić information content (AvgIpc) is 3.04. The second-order valence-electron chi connectivity index (χ2n) is 11.5. The summed E-state index contributed by atoms with van der Waals surface area (Å²) in [4.78, 5) is 64.5. The molecule has 242 valence electrons. The highest BCUT2D eigenvalue weighted by atomic mass is 16.5. The molecule has 0 bridgehead atoms. The summed E-state index contributed by atoms with van der Waals surface area (Å²) in [7, 11) is 3.09. The topological polar surface area (TPSA) is 149 Å². The highest BCUT2D eigenvalue weighted by molar-refractivity contribution is 6.38. The Balaban J connectivity index is 1.88. The number of allylic oxidation sites excluding steroid dienone is 1. The van der Waals surface area contributed by atoms with Crippen LogP contribution >= 0.6 is 0 Å². The number of carboxylic acid groups (broad SMARTS) is 1. The second-order valence-corrected chi connectivity index (χ2v) is 11.5. The van der Waals surface area contributed by atoms with Gasteiger partial charge in [0.1, 0.15) is 12.1 Å². The number of ether oxygens (including phenoxy) is 3. The molecule has 0 saturated carbocycles. The van der Waals surface area contributed by atoms with Gasteiger partial charge in [0.15, 0.2) is 11.5 Å². The van der Waals surface area contributed by atoms with Crippen LogP contribution in [-0.2, 0) is 35.1 Å². The predicted molar refractivity (Wildman–Crippen MR) is 167 cm³/mol. The lowest BCUT2D eigenvalue weighted by Gasteiger charge is -2.35. The minimum atomic E-state index is -1.08. The number of benzene rings is 2. The van der Waals surface area contributed by atoms with Crippen LogP contribution in [0.5, 0.6) is 11.5 Å². The smallest absolute Gasteiger partial charge is 0.329 e. The van der Waals surface area contributed by atoms with Gasteiger partial charge in [0, 0.05) is 18.7 Å². The summed E-state index contributed by atoms with van der Waals surface area (Å²) >= 11 is 0. The van der Waals surface area contributed by atoms with Crippen LogP contribution in [-0.4, -0.2) is 66.3 Å². The molecule has 1 heterocycles. The van der Waals surface area contributed by atoms with Gasteiger partial charge in [0.05, 0.1) is 26.1 Å². The number of rotatable bonds is 15. The summed E-state index contributed by atoms with van der Waals surface area (Å²) in [6.07, 6.45) is 2.68. The van der Waals surface area contributed by atoms with E-state index in [1.54, 1.807) is 58.4 Å². The van der Waals surface area contributed by atoms with Crippen molar-refractivity contribution in [2.24, 2.45) is 5.41 Å². The summed E-state index contributed by atoms with van der Waals surface area (Å²) in [6, 6.07) is 11.4. The van der Waals surface area contributed by atoms with E-state index in [9.17, 15) is 24.0 Å². The standard InChI is InChI=1S/C34H42N2O9/c1-6-34(2,3)31(40)32(41)36-19-8-7-12-25(36)33(42)45-26(15-13-22-14-16-27(43-4)28(20-22)44-5)23-10-9-11-24(21-23)35-29(37)17-18-30(38)39/h6,9-11,14,16,20-21,25-26H,1,7-8,12-13,15,17-19H2,2-5H3,(H,35,37)(H,38,39)/t25?,26-/m1/s1. The van der Waals surface area contributed by atoms with E-state index < -0.39 is 47.1 Å². The number of likely N-dealkylation sites (tertiary alicyclic amines) is 1. The number of aliphatic carboxylic acids is 1. The van der Waals surface area contributed by atoms with Crippen LogP contribution in [0.3, 0.4) is 0 Å². The number of piperidine rings is 1. The number of methoxy groups -OCH3 is 2. The zero-order chi connectivity index (χ0) is 33.1. The van der Waals surface area contributed by atoms with Gasteiger partial charge in [-0.2, -0.15) is 0 Å². The number of carbonyl (C=O) groups excluding carboxylic acids is 4. The van der Waals surface area contributed by atoms with Crippen molar-refractivity contribution < 1.29 is 43.3 Å². The molecule has 1 aliphatic heterocycles. The van der Waals surface area contributed by atoms with Gasteiger partial charge in [0.25, 0.3) is 5.91 Å². The molecule has 45 heavy (non-hydrogen) atoms. The Kier molecular flexibility index (Phi) is 12.3. The van der Waals surface area contributed by atoms with E-state index in [1.165, 1.54) is 11.0 Å². The Labute approximate surface area is 263 Å². The third-order valence-corrected chi connectivity index (χ3v) is 7.84. The van der Waals surface area contributed by atoms with Crippen molar-refractivity contribution in [3.05, 3.63) is 66.2 Å². The Morgan fingerprint density at radius 3 is 2.44 bits per heavy atom. The first-order valence-corrected chi connectivity index (χ1v) is 14.9. The van der Waals surface area contributed by atoms with Crippen molar-refractivity contribution in [2.75, 3.05) is 26.1 Å². The number of carbonyl (C=O) groups is 5. The van der Waals surface area contributed by atoms with E-state index >= 15 is 0 Å².